The van der Waals surface area contributed by atoms with E-state index in [0.29, 0.717) is 18.4 Å². The van der Waals surface area contributed by atoms with Crippen molar-refractivity contribution in [3.8, 4) is 5.75 Å². The van der Waals surface area contributed by atoms with Gasteiger partial charge in [-0.15, -0.1) is 0 Å². The summed E-state index contributed by atoms with van der Waals surface area (Å²) in [6.45, 7) is 2.81. The van der Waals surface area contributed by atoms with E-state index in [9.17, 15) is 0 Å². The lowest BCUT2D eigenvalue weighted by Gasteiger charge is -2.25. The van der Waals surface area contributed by atoms with Crippen molar-refractivity contribution < 1.29 is 9.15 Å². The summed E-state index contributed by atoms with van der Waals surface area (Å²) in [6, 6.07) is 8.85. The Morgan fingerprint density at radius 1 is 1.13 bits per heavy atom. The van der Waals surface area contributed by atoms with E-state index in [1.807, 2.05) is 6.26 Å². The van der Waals surface area contributed by atoms with Gasteiger partial charge in [-0.2, -0.15) is 0 Å². The average molecular weight is 306 g/mol. The summed E-state index contributed by atoms with van der Waals surface area (Å²) < 4.78 is 11.3. The number of allylic oxidation sites excluding steroid dienone is 2. The minimum atomic E-state index is 0.459. The fourth-order valence-electron chi connectivity index (χ4n) is 3.58. The smallest absolute Gasteiger partial charge is 0.127 e. The molecule has 23 heavy (non-hydrogen) atoms. The summed E-state index contributed by atoms with van der Waals surface area (Å²) >= 11 is 0. The van der Waals surface area contributed by atoms with Gasteiger partial charge in [-0.1, -0.05) is 31.2 Å². The first kappa shape index (κ1) is 14.4. The van der Waals surface area contributed by atoms with Crippen molar-refractivity contribution in [1.29, 1.82) is 0 Å². The summed E-state index contributed by atoms with van der Waals surface area (Å²) in [5, 5.41) is 0. The van der Waals surface area contributed by atoms with Gasteiger partial charge >= 0.3 is 0 Å². The standard InChI is InChI=1S/C21H22O2/c1-2-20-13-19(14-23-20)16-6-3-5-15(11-16)17-8-9-21-18(12-17)7-4-10-22-21/h3-4,6-9,12-16H,2,5,10-11H2,1H3. The molecule has 2 heteroatoms. The first-order chi connectivity index (χ1) is 11.3. The second-order valence-corrected chi connectivity index (χ2v) is 6.41. The summed E-state index contributed by atoms with van der Waals surface area (Å²) in [7, 11) is 0. The van der Waals surface area contributed by atoms with Gasteiger partial charge in [0.05, 0.1) is 6.26 Å². The third-order valence-electron chi connectivity index (χ3n) is 4.92. The maximum Gasteiger partial charge on any atom is 0.127 e. The highest BCUT2D eigenvalue weighted by Gasteiger charge is 2.23. The van der Waals surface area contributed by atoms with Gasteiger partial charge in [0.1, 0.15) is 18.1 Å². The van der Waals surface area contributed by atoms with Crippen molar-refractivity contribution in [3.05, 3.63) is 71.2 Å². The summed E-state index contributed by atoms with van der Waals surface area (Å²) in [5.41, 5.74) is 3.92. The molecule has 0 spiro atoms. The Labute approximate surface area is 137 Å². The number of rotatable bonds is 3. The first-order valence-electron chi connectivity index (χ1n) is 8.50. The number of fused-ring (bicyclic) bond motifs is 1. The molecule has 1 aromatic heterocycles. The van der Waals surface area contributed by atoms with Gasteiger partial charge in [0.2, 0.25) is 0 Å². The van der Waals surface area contributed by atoms with E-state index in [1.54, 1.807) is 0 Å². The summed E-state index contributed by atoms with van der Waals surface area (Å²) in [6.07, 6.45) is 14.0. The molecule has 0 N–H and O–H groups in total. The van der Waals surface area contributed by atoms with E-state index in [2.05, 4.69) is 55.5 Å². The molecular formula is C21H22O2. The van der Waals surface area contributed by atoms with Gasteiger partial charge in [-0.3, -0.25) is 0 Å². The molecule has 1 aliphatic heterocycles. The highest BCUT2D eigenvalue weighted by Crippen LogP contribution is 2.39. The minimum Gasteiger partial charge on any atom is -0.489 e. The topological polar surface area (TPSA) is 22.4 Å². The van der Waals surface area contributed by atoms with E-state index < -0.39 is 0 Å². The predicted octanol–water partition coefficient (Wildman–Crippen LogP) is 5.47. The zero-order valence-electron chi connectivity index (χ0n) is 13.5. The minimum absolute atomic E-state index is 0.459. The van der Waals surface area contributed by atoms with Crippen molar-refractivity contribution in [2.45, 2.75) is 38.0 Å². The number of aryl methyl sites for hydroxylation is 1. The Bertz CT molecular complexity index is 751. The molecule has 2 aromatic rings. The Morgan fingerprint density at radius 2 is 2.09 bits per heavy atom. The lowest BCUT2D eigenvalue weighted by molar-refractivity contribution is 0.358. The normalized spacial score (nSPS) is 22.7. The third-order valence-corrected chi connectivity index (χ3v) is 4.92. The molecule has 0 saturated heterocycles. The number of ether oxygens (including phenoxy) is 1. The van der Waals surface area contributed by atoms with Crippen molar-refractivity contribution in [2.75, 3.05) is 6.61 Å². The fraction of sp³-hybridized carbons (Fsp3) is 0.333. The van der Waals surface area contributed by atoms with Gasteiger partial charge in [-0.05, 0) is 54.2 Å². The first-order valence-corrected chi connectivity index (χ1v) is 8.50. The van der Waals surface area contributed by atoms with Gasteiger partial charge in [0.15, 0.2) is 0 Å². The fourth-order valence-corrected chi connectivity index (χ4v) is 3.58. The van der Waals surface area contributed by atoms with Crippen LogP contribution in [0.5, 0.6) is 5.75 Å². The number of furan rings is 1. The molecule has 118 valence electrons. The molecule has 2 unspecified atom stereocenters. The lowest BCUT2D eigenvalue weighted by atomic mass is 9.79. The highest BCUT2D eigenvalue weighted by atomic mass is 16.5. The molecule has 0 amide bonds. The Balaban J connectivity index is 1.56. The zero-order chi connectivity index (χ0) is 15.6. The van der Waals surface area contributed by atoms with Crippen LogP contribution in [-0.4, -0.2) is 6.61 Å². The molecule has 4 rings (SSSR count). The van der Waals surface area contributed by atoms with Crippen LogP contribution in [-0.2, 0) is 6.42 Å². The van der Waals surface area contributed by atoms with Crippen LogP contribution < -0.4 is 4.74 Å². The van der Waals surface area contributed by atoms with Crippen molar-refractivity contribution >= 4 is 6.08 Å². The molecule has 0 saturated carbocycles. The maximum absolute atomic E-state index is 5.66. The molecule has 2 aliphatic rings. The second kappa shape index (κ2) is 6.11. The van der Waals surface area contributed by atoms with E-state index >= 15 is 0 Å². The number of benzene rings is 1. The van der Waals surface area contributed by atoms with Crippen molar-refractivity contribution in [2.24, 2.45) is 0 Å². The quantitative estimate of drug-likeness (QED) is 0.702. The van der Waals surface area contributed by atoms with E-state index in [4.69, 9.17) is 9.15 Å². The molecule has 0 fully saturated rings. The van der Waals surface area contributed by atoms with Crippen LogP contribution in [0.4, 0.5) is 0 Å². The van der Waals surface area contributed by atoms with E-state index in [-0.39, 0.29) is 0 Å². The molecule has 2 nitrogen and oxygen atoms in total. The van der Waals surface area contributed by atoms with Crippen LogP contribution in [0.15, 0.2) is 53.2 Å². The van der Waals surface area contributed by atoms with Crippen molar-refractivity contribution in [1.82, 2.24) is 0 Å². The monoisotopic (exact) mass is 306 g/mol. The molecule has 2 atom stereocenters. The molecule has 0 radical (unpaired) electrons. The SMILES string of the molecule is CCc1cc(C2C=CCC(c3ccc4c(c3)C=CCO4)C2)co1. The van der Waals surface area contributed by atoms with Crippen LogP contribution in [0.25, 0.3) is 6.08 Å². The van der Waals surface area contributed by atoms with Gasteiger partial charge in [-0.25, -0.2) is 0 Å². The zero-order valence-corrected chi connectivity index (χ0v) is 13.5. The van der Waals surface area contributed by atoms with E-state index in [0.717, 1.165) is 30.8 Å². The highest BCUT2D eigenvalue weighted by molar-refractivity contribution is 5.60. The summed E-state index contributed by atoms with van der Waals surface area (Å²) in [5.74, 6) is 3.10. The summed E-state index contributed by atoms with van der Waals surface area (Å²) in [4.78, 5) is 0. The van der Waals surface area contributed by atoms with Crippen LogP contribution >= 0.6 is 0 Å². The average Bonchev–Trinajstić information content (AvgIpc) is 3.11. The third kappa shape index (κ3) is 2.86. The van der Waals surface area contributed by atoms with Crippen LogP contribution in [0.1, 0.15) is 54.1 Å². The molecule has 2 heterocycles. The number of hydrogen-bond donors (Lipinski definition) is 0. The largest absolute Gasteiger partial charge is 0.489 e. The van der Waals surface area contributed by atoms with Crippen LogP contribution in [0, 0.1) is 0 Å². The van der Waals surface area contributed by atoms with Crippen LogP contribution in [0.2, 0.25) is 0 Å². The lowest BCUT2D eigenvalue weighted by Crippen LogP contribution is -2.09. The number of hydrogen-bond acceptors (Lipinski definition) is 2. The Morgan fingerprint density at radius 3 is 2.96 bits per heavy atom. The van der Waals surface area contributed by atoms with E-state index in [1.165, 1.54) is 16.7 Å². The molecular weight excluding hydrogens is 284 g/mol. The second-order valence-electron chi connectivity index (χ2n) is 6.41. The Hall–Kier alpha value is -2.22. The predicted molar refractivity (Wildman–Crippen MR) is 92.9 cm³/mol. The molecule has 1 aromatic carbocycles. The van der Waals surface area contributed by atoms with Gasteiger partial charge in [0.25, 0.3) is 0 Å². The van der Waals surface area contributed by atoms with Gasteiger partial charge in [0, 0.05) is 17.9 Å². The maximum atomic E-state index is 5.66. The molecule has 1 aliphatic carbocycles. The van der Waals surface area contributed by atoms with Crippen molar-refractivity contribution in [3.63, 3.8) is 0 Å². The Kier molecular flexibility index (Phi) is 3.82. The van der Waals surface area contributed by atoms with Gasteiger partial charge < -0.3 is 9.15 Å². The molecule has 0 bridgehead atoms. The van der Waals surface area contributed by atoms with Crippen LogP contribution in [0.3, 0.4) is 0 Å².